The SMILES string of the molecule is CC(C)C1SC(Nc2ccc(Oc3ccccc3)cc2)=NC1=O. The molecular weight excluding hydrogens is 308 g/mol. The Bertz CT molecular complexity index is 712. The average molecular weight is 326 g/mol. The number of benzene rings is 2. The van der Waals surface area contributed by atoms with Crippen LogP contribution in [-0.2, 0) is 4.79 Å². The summed E-state index contributed by atoms with van der Waals surface area (Å²) in [5, 5.41) is 3.76. The van der Waals surface area contributed by atoms with Crippen LogP contribution in [0.1, 0.15) is 13.8 Å². The zero-order chi connectivity index (χ0) is 16.2. The molecule has 0 radical (unpaired) electrons. The molecule has 1 heterocycles. The van der Waals surface area contributed by atoms with Crippen LogP contribution in [0.15, 0.2) is 59.6 Å². The molecule has 4 nitrogen and oxygen atoms in total. The first-order chi connectivity index (χ1) is 11.1. The Morgan fingerprint density at radius 3 is 2.30 bits per heavy atom. The second-order valence-electron chi connectivity index (χ2n) is 5.60. The largest absolute Gasteiger partial charge is 0.457 e. The van der Waals surface area contributed by atoms with Crippen molar-refractivity contribution >= 4 is 28.5 Å². The first-order valence-corrected chi connectivity index (χ1v) is 8.39. The summed E-state index contributed by atoms with van der Waals surface area (Å²) >= 11 is 1.49. The van der Waals surface area contributed by atoms with E-state index in [-0.39, 0.29) is 17.1 Å². The molecule has 0 spiro atoms. The molecule has 1 unspecified atom stereocenters. The van der Waals surface area contributed by atoms with Gasteiger partial charge in [0.25, 0.3) is 5.91 Å². The Labute approximate surface area is 140 Å². The highest BCUT2D eigenvalue weighted by molar-refractivity contribution is 8.15. The number of thioether (sulfide) groups is 1. The minimum atomic E-state index is -0.0850. The Hall–Kier alpha value is -2.27. The van der Waals surface area contributed by atoms with Gasteiger partial charge in [-0.1, -0.05) is 43.8 Å². The van der Waals surface area contributed by atoms with E-state index in [2.05, 4.69) is 10.3 Å². The van der Waals surface area contributed by atoms with Gasteiger partial charge in [0.15, 0.2) is 5.17 Å². The van der Waals surface area contributed by atoms with Gasteiger partial charge < -0.3 is 10.1 Å². The summed E-state index contributed by atoms with van der Waals surface area (Å²) < 4.78 is 5.75. The summed E-state index contributed by atoms with van der Waals surface area (Å²) in [6.07, 6.45) is 0. The monoisotopic (exact) mass is 326 g/mol. The number of amidine groups is 1. The van der Waals surface area contributed by atoms with Crippen LogP contribution in [0.4, 0.5) is 5.69 Å². The van der Waals surface area contributed by atoms with E-state index in [1.807, 2.05) is 68.4 Å². The zero-order valence-electron chi connectivity index (χ0n) is 13.0. The topological polar surface area (TPSA) is 50.7 Å². The van der Waals surface area contributed by atoms with Gasteiger partial charge in [-0.15, -0.1) is 0 Å². The molecule has 23 heavy (non-hydrogen) atoms. The fourth-order valence-corrected chi connectivity index (χ4v) is 3.18. The normalized spacial score (nSPS) is 17.3. The quantitative estimate of drug-likeness (QED) is 0.896. The molecule has 118 valence electrons. The number of nitrogens with zero attached hydrogens (tertiary/aromatic N) is 1. The van der Waals surface area contributed by atoms with Gasteiger partial charge in [0.1, 0.15) is 11.5 Å². The zero-order valence-corrected chi connectivity index (χ0v) is 13.8. The number of anilines is 1. The Morgan fingerprint density at radius 1 is 1.04 bits per heavy atom. The van der Waals surface area contributed by atoms with Gasteiger partial charge in [0, 0.05) is 5.69 Å². The molecule has 0 fully saturated rings. The Kier molecular flexibility index (Phi) is 4.67. The fourth-order valence-electron chi connectivity index (χ4n) is 2.19. The second-order valence-corrected chi connectivity index (χ2v) is 6.73. The lowest BCUT2D eigenvalue weighted by Gasteiger charge is -2.11. The van der Waals surface area contributed by atoms with Crippen molar-refractivity contribution in [2.45, 2.75) is 19.1 Å². The van der Waals surface area contributed by atoms with Crippen molar-refractivity contribution in [3.63, 3.8) is 0 Å². The molecule has 0 saturated carbocycles. The second kappa shape index (κ2) is 6.87. The highest BCUT2D eigenvalue weighted by atomic mass is 32.2. The number of carbonyl (C=O) groups is 1. The maximum atomic E-state index is 11.8. The Balaban J connectivity index is 1.62. The number of rotatable bonds is 4. The molecule has 1 aliphatic heterocycles. The van der Waals surface area contributed by atoms with E-state index in [1.165, 1.54) is 11.8 Å². The molecule has 1 aliphatic rings. The highest BCUT2D eigenvalue weighted by Crippen LogP contribution is 2.29. The van der Waals surface area contributed by atoms with E-state index in [4.69, 9.17) is 4.74 Å². The molecule has 1 amide bonds. The van der Waals surface area contributed by atoms with E-state index in [1.54, 1.807) is 0 Å². The van der Waals surface area contributed by atoms with Gasteiger partial charge in [-0.05, 0) is 42.3 Å². The van der Waals surface area contributed by atoms with Gasteiger partial charge in [-0.25, -0.2) is 0 Å². The number of carbonyl (C=O) groups excluding carboxylic acids is 1. The summed E-state index contributed by atoms with van der Waals surface area (Å²) in [4.78, 5) is 15.9. The molecule has 3 rings (SSSR count). The molecule has 1 N–H and O–H groups in total. The third-order valence-corrected chi connectivity index (χ3v) is 4.80. The number of hydrogen-bond acceptors (Lipinski definition) is 4. The van der Waals surface area contributed by atoms with Crippen molar-refractivity contribution in [2.75, 3.05) is 5.32 Å². The summed E-state index contributed by atoms with van der Waals surface area (Å²) in [6.45, 7) is 4.06. The number of ether oxygens (including phenoxy) is 1. The lowest BCUT2D eigenvalue weighted by molar-refractivity contribution is -0.117. The van der Waals surface area contributed by atoms with E-state index < -0.39 is 0 Å². The van der Waals surface area contributed by atoms with E-state index in [0.29, 0.717) is 5.17 Å². The van der Waals surface area contributed by atoms with Crippen molar-refractivity contribution in [3.05, 3.63) is 54.6 Å². The smallest absolute Gasteiger partial charge is 0.261 e. The van der Waals surface area contributed by atoms with Gasteiger partial charge in [-0.2, -0.15) is 4.99 Å². The van der Waals surface area contributed by atoms with Gasteiger partial charge in [-0.3, -0.25) is 4.79 Å². The summed E-state index contributed by atoms with van der Waals surface area (Å²) in [7, 11) is 0. The van der Waals surface area contributed by atoms with E-state index >= 15 is 0 Å². The molecule has 1 atom stereocenters. The first-order valence-electron chi connectivity index (χ1n) is 7.51. The van der Waals surface area contributed by atoms with Crippen LogP contribution < -0.4 is 10.1 Å². The van der Waals surface area contributed by atoms with E-state index in [0.717, 1.165) is 17.2 Å². The van der Waals surface area contributed by atoms with Crippen molar-refractivity contribution in [1.29, 1.82) is 0 Å². The molecule has 0 aliphatic carbocycles. The molecule has 2 aromatic carbocycles. The van der Waals surface area contributed by atoms with Crippen molar-refractivity contribution in [2.24, 2.45) is 10.9 Å². The van der Waals surface area contributed by atoms with Crippen molar-refractivity contribution in [1.82, 2.24) is 0 Å². The highest BCUT2D eigenvalue weighted by Gasteiger charge is 2.30. The van der Waals surface area contributed by atoms with E-state index in [9.17, 15) is 4.79 Å². The van der Waals surface area contributed by atoms with Gasteiger partial charge in [0.2, 0.25) is 0 Å². The van der Waals surface area contributed by atoms with Crippen LogP contribution >= 0.6 is 11.8 Å². The molecule has 5 heteroatoms. The van der Waals surface area contributed by atoms with Crippen molar-refractivity contribution in [3.8, 4) is 11.5 Å². The van der Waals surface area contributed by atoms with Crippen molar-refractivity contribution < 1.29 is 9.53 Å². The Morgan fingerprint density at radius 2 is 1.70 bits per heavy atom. The summed E-state index contributed by atoms with van der Waals surface area (Å²) in [5.74, 6) is 1.78. The maximum Gasteiger partial charge on any atom is 0.261 e. The number of aliphatic imine (C=N–C) groups is 1. The molecule has 2 aromatic rings. The summed E-state index contributed by atoms with van der Waals surface area (Å²) in [5.41, 5.74) is 0.883. The first kappa shape index (κ1) is 15.6. The van der Waals surface area contributed by atoms with Crippen LogP contribution in [0.3, 0.4) is 0 Å². The van der Waals surface area contributed by atoms with Gasteiger partial charge >= 0.3 is 0 Å². The predicted molar refractivity (Wildman–Crippen MR) is 95.2 cm³/mol. The number of amides is 1. The molecular formula is C18H18N2O2S. The van der Waals surface area contributed by atoms with Crippen LogP contribution in [-0.4, -0.2) is 16.3 Å². The van der Waals surface area contributed by atoms with Crippen LogP contribution in [0, 0.1) is 5.92 Å². The number of hydrogen-bond donors (Lipinski definition) is 1. The predicted octanol–water partition coefficient (Wildman–Crippen LogP) is 4.54. The molecule has 0 aromatic heterocycles. The average Bonchev–Trinajstić information content (AvgIpc) is 2.91. The number of para-hydroxylation sites is 1. The molecule has 0 bridgehead atoms. The third kappa shape index (κ3) is 3.93. The summed E-state index contributed by atoms with van der Waals surface area (Å²) in [6, 6.07) is 17.2. The maximum absolute atomic E-state index is 11.8. The van der Waals surface area contributed by atoms with Crippen LogP contribution in [0.5, 0.6) is 11.5 Å². The lowest BCUT2D eigenvalue weighted by Crippen LogP contribution is -2.17. The van der Waals surface area contributed by atoms with Crippen LogP contribution in [0.25, 0.3) is 0 Å². The fraction of sp³-hybridized carbons (Fsp3) is 0.222. The van der Waals surface area contributed by atoms with Crippen LogP contribution in [0.2, 0.25) is 0 Å². The minimum absolute atomic E-state index is 0.0588. The number of nitrogens with one attached hydrogen (secondary N) is 1. The standard InChI is InChI=1S/C18H18N2O2S/c1-12(2)16-17(21)20-18(23-16)19-13-8-10-15(11-9-13)22-14-6-4-3-5-7-14/h3-12,16H,1-2H3,(H,19,20,21). The minimum Gasteiger partial charge on any atom is -0.457 e. The van der Waals surface area contributed by atoms with Gasteiger partial charge in [0.05, 0.1) is 5.25 Å². The lowest BCUT2D eigenvalue weighted by atomic mass is 10.1. The third-order valence-electron chi connectivity index (χ3n) is 3.38. The molecule has 0 saturated heterocycles.